The Morgan fingerprint density at radius 3 is 1.86 bits per heavy atom. The van der Waals surface area contributed by atoms with Crippen molar-refractivity contribution in [2.24, 2.45) is 0 Å². The van der Waals surface area contributed by atoms with Gasteiger partial charge in [0.1, 0.15) is 0 Å². The maximum Gasteiger partial charge on any atom is 0.232 e. The number of para-hydroxylation sites is 3. The average molecular weight is 675 g/mol. The van der Waals surface area contributed by atoms with Gasteiger partial charge in [-0.2, -0.15) is 0 Å². The molecule has 10 heteroatoms. The Hall–Kier alpha value is -4.25. The van der Waals surface area contributed by atoms with Crippen molar-refractivity contribution in [3.05, 3.63) is 109 Å². The predicted octanol–water partition coefficient (Wildman–Crippen LogP) is 7.85. The number of hydrogen-bond acceptors (Lipinski definition) is 6. The zero-order chi connectivity index (χ0) is 28.8. The topological polar surface area (TPSA) is 128 Å². The van der Waals surface area contributed by atoms with E-state index in [1.807, 2.05) is 79.0 Å². The van der Waals surface area contributed by atoms with Gasteiger partial charge >= 0.3 is 0 Å². The number of halogens is 1. The molecule has 2 aromatic heterocycles. The van der Waals surface area contributed by atoms with Crippen molar-refractivity contribution in [3.8, 4) is 0 Å². The fourth-order valence-corrected chi connectivity index (χ4v) is 6.40. The molecule has 0 aliphatic heterocycles. The summed E-state index contributed by atoms with van der Waals surface area (Å²) in [5, 5.41) is 10.2. The van der Waals surface area contributed by atoms with E-state index in [0.29, 0.717) is 12.1 Å². The van der Waals surface area contributed by atoms with Crippen molar-refractivity contribution >= 4 is 82.5 Å². The van der Waals surface area contributed by atoms with E-state index in [1.54, 1.807) is 12.1 Å². The third kappa shape index (κ3) is 7.82. The Balaban J connectivity index is 0.00000221. The second-order valence-corrected chi connectivity index (χ2v) is 12.2. The number of pyridine rings is 2. The first-order valence-corrected chi connectivity index (χ1v) is 15.9. The molecule has 0 aliphatic rings. The number of nitrogens with one attached hydrogen (secondary N) is 3. The Kier molecular flexibility index (Phi) is 11.1. The fourth-order valence-electron chi connectivity index (χ4n) is 5.21. The van der Waals surface area contributed by atoms with E-state index in [9.17, 15) is 8.42 Å². The molecule has 0 bridgehead atoms. The van der Waals surface area contributed by atoms with Gasteiger partial charge in [-0.3, -0.25) is 9.71 Å². The lowest BCUT2D eigenvalue weighted by molar-refractivity contribution is 0.593. The van der Waals surface area contributed by atoms with Crippen LogP contribution in [-0.4, -0.2) is 36.2 Å². The van der Waals surface area contributed by atoms with Crippen LogP contribution in [-0.2, 0) is 10.0 Å². The van der Waals surface area contributed by atoms with Gasteiger partial charge in [-0.25, -0.2) is 13.4 Å². The number of unbranched alkanes of at least 4 members (excludes halogenated alkanes) is 3. The van der Waals surface area contributed by atoms with E-state index >= 15 is 0 Å². The molecular formula is C34H36BrN5O3S. The van der Waals surface area contributed by atoms with E-state index in [0.717, 1.165) is 75.6 Å². The number of aromatic nitrogens is 2. The number of sulfonamides is 1. The molecule has 0 spiro atoms. The molecule has 5 N–H and O–H groups in total. The molecule has 0 aliphatic carbocycles. The highest BCUT2D eigenvalue weighted by Crippen LogP contribution is 2.33. The Morgan fingerprint density at radius 2 is 1.18 bits per heavy atom. The first-order valence-electron chi connectivity index (χ1n) is 14.3. The van der Waals surface area contributed by atoms with Crippen LogP contribution in [0.4, 0.5) is 22.7 Å². The second kappa shape index (κ2) is 15.0. The van der Waals surface area contributed by atoms with Gasteiger partial charge in [-0.05, 0) is 61.4 Å². The van der Waals surface area contributed by atoms with Crippen LogP contribution in [0, 0.1) is 0 Å². The van der Waals surface area contributed by atoms with E-state index in [-0.39, 0.29) is 28.2 Å². The van der Waals surface area contributed by atoms with Crippen LogP contribution in [0.25, 0.3) is 32.7 Å². The molecule has 0 fully saturated rings. The molecule has 228 valence electrons. The van der Waals surface area contributed by atoms with Crippen molar-refractivity contribution < 1.29 is 13.9 Å². The summed E-state index contributed by atoms with van der Waals surface area (Å²) in [6.07, 6.45) is 5.23. The van der Waals surface area contributed by atoms with E-state index < -0.39 is 10.0 Å². The van der Waals surface area contributed by atoms with E-state index in [4.69, 9.17) is 4.98 Å². The minimum absolute atomic E-state index is 0. The van der Waals surface area contributed by atoms with Crippen molar-refractivity contribution in [1.29, 1.82) is 0 Å². The molecular weight excluding hydrogens is 638 g/mol. The molecule has 8 nitrogen and oxygen atoms in total. The SMILES string of the molecule is Br.O.O=S(=O)(CCCCCCNc1ccnc2ccccc12)Nc1ccc(Nc2c3ccccc3nc3ccccc23)cc1. The highest BCUT2D eigenvalue weighted by Gasteiger charge is 2.12. The van der Waals surface area contributed by atoms with Crippen LogP contribution >= 0.6 is 17.0 Å². The molecule has 0 amide bonds. The fraction of sp³-hybridized carbons (Fsp3) is 0.176. The lowest BCUT2D eigenvalue weighted by atomic mass is 10.1. The molecule has 44 heavy (non-hydrogen) atoms. The van der Waals surface area contributed by atoms with Gasteiger partial charge in [-0.15, -0.1) is 17.0 Å². The quantitative estimate of drug-likeness (QED) is 0.0897. The second-order valence-electron chi connectivity index (χ2n) is 10.4. The molecule has 0 atom stereocenters. The van der Waals surface area contributed by atoms with Gasteiger partial charge in [0.15, 0.2) is 0 Å². The summed E-state index contributed by atoms with van der Waals surface area (Å²) in [5.41, 5.74) is 6.29. The number of anilines is 4. The summed E-state index contributed by atoms with van der Waals surface area (Å²) in [4.78, 5) is 9.18. The van der Waals surface area contributed by atoms with Crippen LogP contribution in [0.15, 0.2) is 109 Å². The zero-order valence-electron chi connectivity index (χ0n) is 24.2. The van der Waals surface area contributed by atoms with Gasteiger partial charge < -0.3 is 16.1 Å². The number of nitrogens with zero attached hydrogens (tertiary/aromatic N) is 2. The van der Waals surface area contributed by atoms with Crippen molar-refractivity contribution in [2.45, 2.75) is 25.7 Å². The lowest BCUT2D eigenvalue weighted by Crippen LogP contribution is -2.16. The van der Waals surface area contributed by atoms with Gasteiger partial charge in [0.05, 0.1) is 28.0 Å². The predicted molar refractivity (Wildman–Crippen MR) is 189 cm³/mol. The third-order valence-corrected chi connectivity index (χ3v) is 8.69. The molecule has 0 unspecified atom stereocenters. The van der Waals surface area contributed by atoms with Crippen LogP contribution < -0.4 is 15.4 Å². The number of rotatable bonds is 12. The maximum absolute atomic E-state index is 12.7. The highest BCUT2D eigenvalue weighted by molar-refractivity contribution is 8.93. The van der Waals surface area contributed by atoms with Gasteiger partial charge in [0.2, 0.25) is 10.0 Å². The van der Waals surface area contributed by atoms with Crippen LogP contribution in [0.5, 0.6) is 0 Å². The van der Waals surface area contributed by atoms with Gasteiger partial charge in [0.25, 0.3) is 0 Å². The number of benzene rings is 4. The van der Waals surface area contributed by atoms with Crippen LogP contribution in [0.1, 0.15) is 25.7 Å². The molecule has 0 radical (unpaired) electrons. The smallest absolute Gasteiger partial charge is 0.232 e. The summed E-state index contributed by atoms with van der Waals surface area (Å²) < 4.78 is 28.2. The van der Waals surface area contributed by atoms with Crippen LogP contribution in [0.2, 0.25) is 0 Å². The summed E-state index contributed by atoms with van der Waals surface area (Å²) >= 11 is 0. The Bertz CT molecular complexity index is 1890. The summed E-state index contributed by atoms with van der Waals surface area (Å²) in [6, 6.07) is 33.5. The van der Waals surface area contributed by atoms with E-state index in [2.05, 4.69) is 38.5 Å². The first kappa shape index (κ1) is 32.7. The maximum atomic E-state index is 12.7. The lowest BCUT2D eigenvalue weighted by Gasteiger charge is -2.14. The zero-order valence-corrected chi connectivity index (χ0v) is 26.7. The molecule has 0 saturated carbocycles. The molecule has 6 aromatic rings. The Morgan fingerprint density at radius 1 is 0.614 bits per heavy atom. The first-order chi connectivity index (χ1) is 20.6. The molecule has 2 heterocycles. The summed E-state index contributed by atoms with van der Waals surface area (Å²) in [6.45, 7) is 0.838. The standard InChI is InChI=1S/C34H33N5O2S.BrH.H2O/c40-42(41,24-10-2-1-9-22-35-31-21-23-36-30-14-6-3-11-27(30)31)39-26-19-17-25(18-20-26)37-34-28-12-4-7-15-32(28)38-33-16-8-5-13-29(33)34;;/h3-8,11-21,23,39H,1-2,9-10,22,24H2,(H,35,36)(H,37,38);1H;1H2. The van der Waals surface area contributed by atoms with Crippen molar-refractivity contribution in [1.82, 2.24) is 9.97 Å². The largest absolute Gasteiger partial charge is 0.412 e. The van der Waals surface area contributed by atoms with Crippen molar-refractivity contribution in [2.75, 3.05) is 27.7 Å². The normalized spacial score (nSPS) is 11.1. The minimum Gasteiger partial charge on any atom is -0.412 e. The average Bonchev–Trinajstić information content (AvgIpc) is 3.01. The monoisotopic (exact) mass is 673 g/mol. The molecule has 0 saturated heterocycles. The highest BCUT2D eigenvalue weighted by atomic mass is 79.9. The minimum atomic E-state index is -3.43. The summed E-state index contributed by atoms with van der Waals surface area (Å²) in [7, 11) is -3.43. The summed E-state index contributed by atoms with van der Waals surface area (Å²) in [5.74, 6) is 0.102. The third-order valence-electron chi connectivity index (χ3n) is 7.32. The van der Waals surface area contributed by atoms with E-state index in [1.165, 1.54) is 0 Å². The molecule has 4 aromatic carbocycles. The van der Waals surface area contributed by atoms with Crippen LogP contribution in [0.3, 0.4) is 0 Å². The number of hydrogen-bond donors (Lipinski definition) is 3. The Labute approximate surface area is 268 Å². The molecule has 6 rings (SSSR count). The van der Waals surface area contributed by atoms with Gasteiger partial charge in [-0.1, -0.05) is 67.4 Å². The van der Waals surface area contributed by atoms with Gasteiger partial charge in [0, 0.05) is 46.0 Å². The van der Waals surface area contributed by atoms with Crippen molar-refractivity contribution in [3.63, 3.8) is 0 Å². The number of fused-ring (bicyclic) bond motifs is 3.